The van der Waals surface area contributed by atoms with Crippen molar-refractivity contribution in [1.82, 2.24) is 10.2 Å². The number of piperazine rings is 1. The molecule has 0 unspecified atom stereocenters. The summed E-state index contributed by atoms with van der Waals surface area (Å²) in [6.45, 7) is 3.67. The minimum atomic E-state index is -0.488. The molecule has 20 heavy (non-hydrogen) atoms. The normalized spacial score (nSPS) is 15.8. The second kappa shape index (κ2) is 6.78. The smallest absolute Gasteiger partial charge is 0.271 e. The Balaban J connectivity index is 1.99. The van der Waals surface area contributed by atoms with Crippen LogP contribution in [0.4, 0.5) is 11.4 Å². The molecule has 1 aliphatic heterocycles. The van der Waals surface area contributed by atoms with Gasteiger partial charge in [-0.15, -0.1) is 0 Å². The van der Waals surface area contributed by atoms with Gasteiger partial charge in [-0.2, -0.15) is 0 Å². The minimum absolute atomic E-state index is 0.0503. The lowest BCUT2D eigenvalue weighted by Gasteiger charge is -2.26. The number of carbonyl (C=O) groups is 1. The van der Waals surface area contributed by atoms with Crippen LogP contribution in [0.25, 0.3) is 0 Å². The molecule has 2 rings (SSSR count). The number of nitro groups is 1. The average Bonchev–Trinajstić information content (AvgIpc) is 2.42. The van der Waals surface area contributed by atoms with E-state index in [1.165, 1.54) is 12.1 Å². The summed E-state index contributed by atoms with van der Waals surface area (Å²) in [6.07, 6.45) is 0. The first-order valence-corrected chi connectivity index (χ1v) is 7.02. The van der Waals surface area contributed by atoms with Crippen LogP contribution in [0.2, 0.25) is 0 Å². The summed E-state index contributed by atoms with van der Waals surface area (Å²) in [4.78, 5) is 24.2. The van der Waals surface area contributed by atoms with E-state index in [-0.39, 0.29) is 18.1 Å². The van der Waals surface area contributed by atoms with E-state index in [9.17, 15) is 14.9 Å². The maximum atomic E-state index is 12.0. The topological polar surface area (TPSA) is 87.5 Å². The van der Waals surface area contributed by atoms with E-state index >= 15 is 0 Å². The van der Waals surface area contributed by atoms with Gasteiger partial charge in [-0.3, -0.25) is 19.8 Å². The first-order valence-electron chi connectivity index (χ1n) is 6.23. The maximum Gasteiger partial charge on any atom is 0.271 e. The van der Waals surface area contributed by atoms with E-state index in [0.717, 1.165) is 26.2 Å². The van der Waals surface area contributed by atoms with Crippen molar-refractivity contribution in [3.05, 3.63) is 32.8 Å². The number of nitrogens with one attached hydrogen (secondary N) is 2. The molecule has 7 nitrogen and oxygen atoms in total. The molecule has 8 heteroatoms. The van der Waals surface area contributed by atoms with Crippen molar-refractivity contribution in [1.29, 1.82) is 0 Å². The Morgan fingerprint density at radius 1 is 1.45 bits per heavy atom. The van der Waals surface area contributed by atoms with Gasteiger partial charge < -0.3 is 10.6 Å². The first kappa shape index (κ1) is 14.9. The molecule has 0 aromatic heterocycles. The van der Waals surface area contributed by atoms with Crippen LogP contribution in [0, 0.1) is 10.1 Å². The number of nitro benzene ring substituents is 1. The molecule has 1 aromatic rings. The van der Waals surface area contributed by atoms with Crippen LogP contribution in [0.1, 0.15) is 0 Å². The highest BCUT2D eigenvalue weighted by Gasteiger charge is 2.16. The van der Waals surface area contributed by atoms with Crippen molar-refractivity contribution in [3.63, 3.8) is 0 Å². The fourth-order valence-electron chi connectivity index (χ4n) is 1.98. The third kappa shape index (κ3) is 3.99. The number of carbonyl (C=O) groups excluding carboxylic acids is 1. The van der Waals surface area contributed by atoms with Crippen molar-refractivity contribution in [2.75, 3.05) is 38.0 Å². The van der Waals surface area contributed by atoms with E-state index in [1.54, 1.807) is 6.07 Å². The molecule has 0 atom stereocenters. The van der Waals surface area contributed by atoms with Crippen molar-refractivity contribution in [2.24, 2.45) is 0 Å². The van der Waals surface area contributed by atoms with Crippen molar-refractivity contribution < 1.29 is 9.72 Å². The molecule has 1 aromatic carbocycles. The fourth-order valence-corrected chi connectivity index (χ4v) is 2.33. The lowest BCUT2D eigenvalue weighted by molar-refractivity contribution is -0.384. The van der Waals surface area contributed by atoms with Crippen LogP contribution in [0.5, 0.6) is 0 Å². The van der Waals surface area contributed by atoms with Gasteiger partial charge in [0.1, 0.15) is 0 Å². The second-order valence-electron chi connectivity index (χ2n) is 4.50. The molecule has 1 aliphatic rings. The molecule has 1 amide bonds. The SMILES string of the molecule is O=C(CN1CCNCC1)Nc1cc([N+](=O)[O-])ccc1Br. The Hall–Kier alpha value is -1.51. The second-order valence-corrected chi connectivity index (χ2v) is 5.35. The number of amides is 1. The van der Waals surface area contributed by atoms with E-state index in [1.807, 2.05) is 4.90 Å². The number of non-ortho nitro benzene ring substituents is 1. The van der Waals surface area contributed by atoms with E-state index in [4.69, 9.17) is 0 Å². The Morgan fingerprint density at radius 3 is 2.80 bits per heavy atom. The molecule has 0 spiro atoms. The standard InChI is InChI=1S/C12H15BrN4O3/c13-10-2-1-9(17(19)20)7-11(10)15-12(18)8-16-5-3-14-4-6-16/h1-2,7,14H,3-6,8H2,(H,15,18). The van der Waals surface area contributed by atoms with Gasteiger partial charge in [-0.1, -0.05) is 0 Å². The Kier molecular flexibility index (Phi) is 5.05. The van der Waals surface area contributed by atoms with Crippen molar-refractivity contribution in [3.8, 4) is 0 Å². The van der Waals surface area contributed by atoms with Crippen molar-refractivity contribution in [2.45, 2.75) is 0 Å². The molecule has 2 N–H and O–H groups in total. The number of hydrogen-bond acceptors (Lipinski definition) is 5. The van der Waals surface area contributed by atoms with Gasteiger partial charge in [0.05, 0.1) is 17.2 Å². The maximum absolute atomic E-state index is 12.0. The van der Waals surface area contributed by atoms with Crippen LogP contribution in [0.3, 0.4) is 0 Å². The quantitative estimate of drug-likeness (QED) is 0.634. The van der Waals surface area contributed by atoms with E-state index in [0.29, 0.717) is 10.2 Å². The first-order chi connectivity index (χ1) is 9.56. The fraction of sp³-hybridized carbons (Fsp3) is 0.417. The number of anilines is 1. The number of rotatable bonds is 4. The predicted molar refractivity (Wildman–Crippen MR) is 78.7 cm³/mol. The van der Waals surface area contributed by atoms with Gasteiger partial charge in [0, 0.05) is 42.8 Å². The van der Waals surface area contributed by atoms with Crippen LogP contribution in [0.15, 0.2) is 22.7 Å². The summed E-state index contributed by atoms with van der Waals surface area (Å²) in [5, 5.41) is 16.6. The molecular weight excluding hydrogens is 328 g/mol. The lowest BCUT2D eigenvalue weighted by atomic mass is 10.2. The van der Waals surface area contributed by atoms with Gasteiger partial charge in [-0.05, 0) is 22.0 Å². The molecule has 1 heterocycles. The van der Waals surface area contributed by atoms with Crippen LogP contribution < -0.4 is 10.6 Å². The number of benzene rings is 1. The monoisotopic (exact) mass is 342 g/mol. The minimum Gasteiger partial charge on any atom is -0.324 e. The Labute approximate surface area is 124 Å². The largest absolute Gasteiger partial charge is 0.324 e. The van der Waals surface area contributed by atoms with Gasteiger partial charge in [-0.25, -0.2) is 0 Å². The Bertz CT molecular complexity index is 517. The summed E-state index contributed by atoms with van der Waals surface area (Å²) < 4.78 is 0.622. The van der Waals surface area contributed by atoms with Gasteiger partial charge in [0.25, 0.3) is 5.69 Å². The lowest BCUT2D eigenvalue weighted by Crippen LogP contribution is -2.46. The molecule has 1 fully saturated rings. The van der Waals surface area contributed by atoms with Crippen molar-refractivity contribution >= 4 is 33.2 Å². The summed E-state index contributed by atoms with van der Waals surface area (Å²) in [5.41, 5.74) is 0.366. The summed E-state index contributed by atoms with van der Waals surface area (Å²) in [7, 11) is 0. The molecule has 0 radical (unpaired) electrons. The third-order valence-electron chi connectivity index (χ3n) is 3.01. The molecule has 0 saturated carbocycles. The molecular formula is C12H15BrN4O3. The summed E-state index contributed by atoms with van der Waals surface area (Å²) in [6, 6.07) is 4.29. The van der Waals surface area contributed by atoms with E-state index in [2.05, 4.69) is 26.6 Å². The highest BCUT2D eigenvalue weighted by Crippen LogP contribution is 2.27. The zero-order valence-corrected chi connectivity index (χ0v) is 12.4. The van der Waals surface area contributed by atoms with Gasteiger partial charge in [0.2, 0.25) is 5.91 Å². The number of halogens is 1. The Morgan fingerprint density at radius 2 is 2.15 bits per heavy atom. The van der Waals surface area contributed by atoms with Crippen LogP contribution in [-0.2, 0) is 4.79 Å². The zero-order chi connectivity index (χ0) is 14.5. The molecule has 1 saturated heterocycles. The summed E-state index contributed by atoms with van der Waals surface area (Å²) in [5.74, 6) is -0.173. The van der Waals surface area contributed by atoms with Gasteiger partial charge >= 0.3 is 0 Å². The number of nitrogens with zero attached hydrogens (tertiary/aromatic N) is 2. The highest BCUT2D eigenvalue weighted by molar-refractivity contribution is 9.10. The molecule has 108 valence electrons. The van der Waals surface area contributed by atoms with Gasteiger partial charge in [0.15, 0.2) is 0 Å². The molecule has 0 aliphatic carbocycles. The highest BCUT2D eigenvalue weighted by atomic mass is 79.9. The third-order valence-corrected chi connectivity index (χ3v) is 3.70. The molecule has 0 bridgehead atoms. The van der Waals surface area contributed by atoms with E-state index < -0.39 is 4.92 Å². The zero-order valence-electron chi connectivity index (χ0n) is 10.8. The van der Waals surface area contributed by atoms with Crippen LogP contribution in [-0.4, -0.2) is 48.5 Å². The van der Waals surface area contributed by atoms with Crippen LogP contribution >= 0.6 is 15.9 Å². The number of hydrogen-bond donors (Lipinski definition) is 2. The summed E-state index contributed by atoms with van der Waals surface area (Å²) >= 11 is 3.27. The predicted octanol–water partition coefficient (Wildman–Crippen LogP) is 1.20. The average molecular weight is 343 g/mol.